The maximum Gasteiger partial charge on any atom is 0.251 e. The Morgan fingerprint density at radius 2 is 1.81 bits per heavy atom. The number of nitrogens with one attached hydrogen (secondary N) is 1. The fraction of sp³-hybridized carbons (Fsp3) is 0.263. The molecular weight excluding hydrogens is 371 g/mol. The number of halogens is 2. The molecule has 140 valence electrons. The molecule has 5 nitrogen and oxygen atoms in total. The van der Waals surface area contributed by atoms with E-state index in [0.717, 1.165) is 22.5 Å². The average molecular weight is 395 g/mol. The van der Waals surface area contributed by atoms with Crippen LogP contribution in [0.3, 0.4) is 0 Å². The first kappa shape index (κ1) is 22.0. The monoisotopic (exact) mass is 394 g/mol. The van der Waals surface area contributed by atoms with Crippen molar-refractivity contribution in [3.63, 3.8) is 0 Å². The van der Waals surface area contributed by atoms with Gasteiger partial charge in [-0.3, -0.25) is 9.36 Å². The maximum absolute atomic E-state index is 12.4. The molecule has 7 heteroatoms. The van der Waals surface area contributed by atoms with Crippen LogP contribution >= 0.6 is 24.8 Å². The van der Waals surface area contributed by atoms with Crippen molar-refractivity contribution in [1.29, 1.82) is 0 Å². The highest BCUT2D eigenvalue weighted by Gasteiger charge is 2.20. The van der Waals surface area contributed by atoms with E-state index in [1.807, 2.05) is 69.3 Å². The Hall–Kier alpha value is -2.08. The van der Waals surface area contributed by atoms with Crippen LogP contribution in [0.2, 0.25) is 0 Å². The standard InChI is InChI=1S/C19H22N4O.2ClH/c1-13-21-16-11-14(18(24)22-19(2,3)12-20)9-10-17(16)23(13)15-7-5-4-6-8-15;;/h4-11H,12,20H2,1-3H3,(H,22,24);2*1H. The van der Waals surface area contributed by atoms with E-state index in [4.69, 9.17) is 5.73 Å². The van der Waals surface area contributed by atoms with Crippen molar-refractivity contribution in [2.75, 3.05) is 6.54 Å². The van der Waals surface area contributed by atoms with Gasteiger partial charge < -0.3 is 11.1 Å². The van der Waals surface area contributed by atoms with Gasteiger partial charge in [-0.1, -0.05) is 18.2 Å². The van der Waals surface area contributed by atoms with Gasteiger partial charge in [0.25, 0.3) is 5.91 Å². The first-order chi connectivity index (χ1) is 11.4. The number of fused-ring (bicyclic) bond motifs is 1. The van der Waals surface area contributed by atoms with E-state index in [2.05, 4.69) is 14.9 Å². The Balaban J connectivity index is 0.00000169. The summed E-state index contributed by atoms with van der Waals surface area (Å²) in [5.74, 6) is 0.746. The van der Waals surface area contributed by atoms with E-state index in [1.54, 1.807) is 0 Å². The molecule has 0 saturated heterocycles. The van der Waals surface area contributed by atoms with Crippen LogP contribution in [0.25, 0.3) is 16.7 Å². The predicted octanol–water partition coefficient (Wildman–Crippen LogP) is 3.64. The van der Waals surface area contributed by atoms with Crippen LogP contribution in [0.4, 0.5) is 0 Å². The summed E-state index contributed by atoms with van der Waals surface area (Å²) in [4.78, 5) is 17.0. The molecule has 0 unspecified atom stereocenters. The topological polar surface area (TPSA) is 72.9 Å². The molecule has 1 amide bonds. The number of aromatic nitrogens is 2. The zero-order valence-corrected chi connectivity index (χ0v) is 16.7. The van der Waals surface area contributed by atoms with Crippen LogP contribution < -0.4 is 11.1 Å². The summed E-state index contributed by atoms with van der Waals surface area (Å²) in [5.41, 5.74) is 8.66. The van der Waals surface area contributed by atoms with E-state index in [-0.39, 0.29) is 30.7 Å². The third kappa shape index (κ3) is 4.36. The zero-order chi connectivity index (χ0) is 17.3. The molecule has 0 saturated carbocycles. The van der Waals surface area contributed by atoms with Crippen LogP contribution in [-0.4, -0.2) is 27.5 Å². The molecule has 26 heavy (non-hydrogen) atoms. The first-order valence-electron chi connectivity index (χ1n) is 7.98. The molecule has 0 aliphatic carbocycles. The summed E-state index contributed by atoms with van der Waals surface area (Å²) in [6.07, 6.45) is 0. The quantitative estimate of drug-likeness (QED) is 0.709. The van der Waals surface area contributed by atoms with Gasteiger partial charge in [0.1, 0.15) is 5.82 Å². The molecule has 0 radical (unpaired) electrons. The molecule has 3 aromatic rings. The normalized spacial score (nSPS) is 10.8. The van der Waals surface area contributed by atoms with Gasteiger partial charge in [0.2, 0.25) is 0 Å². The summed E-state index contributed by atoms with van der Waals surface area (Å²) >= 11 is 0. The number of carbonyl (C=O) groups excluding carboxylic acids is 1. The molecule has 3 rings (SSSR count). The highest BCUT2D eigenvalue weighted by molar-refractivity contribution is 5.98. The van der Waals surface area contributed by atoms with Crippen molar-refractivity contribution in [3.05, 3.63) is 59.9 Å². The summed E-state index contributed by atoms with van der Waals surface area (Å²) < 4.78 is 2.08. The van der Waals surface area contributed by atoms with Crippen LogP contribution in [-0.2, 0) is 0 Å². The van der Waals surface area contributed by atoms with Gasteiger partial charge in [0, 0.05) is 23.3 Å². The molecular formula is C19H24Cl2N4O. The number of aryl methyl sites for hydroxylation is 1. The average Bonchev–Trinajstić information content (AvgIpc) is 2.90. The van der Waals surface area contributed by atoms with E-state index in [1.165, 1.54) is 0 Å². The van der Waals surface area contributed by atoms with Crippen molar-refractivity contribution in [1.82, 2.24) is 14.9 Å². The van der Waals surface area contributed by atoms with Gasteiger partial charge in [-0.15, -0.1) is 24.8 Å². The van der Waals surface area contributed by atoms with Gasteiger partial charge in [-0.25, -0.2) is 4.98 Å². The van der Waals surface area contributed by atoms with Crippen LogP contribution in [0.1, 0.15) is 30.0 Å². The van der Waals surface area contributed by atoms with E-state index >= 15 is 0 Å². The lowest BCUT2D eigenvalue weighted by molar-refractivity contribution is 0.0916. The molecule has 0 aliphatic rings. The third-order valence-corrected chi connectivity index (χ3v) is 4.06. The lowest BCUT2D eigenvalue weighted by Gasteiger charge is -2.24. The number of imidazole rings is 1. The molecule has 2 aromatic carbocycles. The van der Waals surface area contributed by atoms with Gasteiger partial charge in [0.05, 0.1) is 11.0 Å². The highest BCUT2D eigenvalue weighted by atomic mass is 35.5. The number of benzene rings is 2. The maximum atomic E-state index is 12.4. The van der Waals surface area contributed by atoms with Crippen molar-refractivity contribution in [3.8, 4) is 5.69 Å². The van der Waals surface area contributed by atoms with Crippen molar-refractivity contribution < 1.29 is 4.79 Å². The summed E-state index contributed by atoms with van der Waals surface area (Å²) in [7, 11) is 0. The van der Waals surface area contributed by atoms with E-state index in [9.17, 15) is 4.79 Å². The molecule has 0 spiro atoms. The van der Waals surface area contributed by atoms with Gasteiger partial charge in [-0.05, 0) is 51.1 Å². The zero-order valence-electron chi connectivity index (χ0n) is 15.0. The number of amides is 1. The number of nitrogens with zero attached hydrogens (tertiary/aromatic N) is 2. The largest absolute Gasteiger partial charge is 0.346 e. The Morgan fingerprint density at radius 3 is 2.42 bits per heavy atom. The van der Waals surface area contributed by atoms with Crippen molar-refractivity contribution in [2.24, 2.45) is 5.73 Å². The molecule has 0 bridgehead atoms. The lowest BCUT2D eigenvalue weighted by atomic mass is 10.1. The second-order valence-corrected chi connectivity index (χ2v) is 6.58. The molecule has 0 aliphatic heterocycles. The lowest BCUT2D eigenvalue weighted by Crippen LogP contribution is -2.48. The second kappa shape index (κ2) is 8.54. The minimum atomic E-state index is -0.439. The van der Waals surface area contributed by atoms with Gasteiger partial charge in [0.15, 0.2) is 0 Å². The third-order valence-electron chi connectivity index (χ3n) is 4.06. The number of rotatable bonds is 4. The first-order valence-corrected chi connectivity index (χ1v) is 7.98. The predicted molar refractivity (Wildman–Crippen MR) is 111 cm³/mol. The van der Waals surface area contributed by atoms with Crippen molar-refractivity contribution >= 4 is 41.8 Å². The highest BCUT2D eigenvalue weighted by Crippen LogP contribution is 2.22. The number of hydrogen-bond donors (Lipinski definition) is 2. The Bertz CT molecular complexity index is 891. The van der Waals surface area contributed by atoms with Crippen molar-refractivity contribution in [2.45, 2.75) is 26.3 Å². The summed E-state index contributed by atoms with van der Waals surface area (Å²) in [6, 6.07) is 15.6. The minimum absolute atomic E-state index is 0. The van der Waals surface area contributed by atoms with Gasteiger partial charge >= 0.3 is 0 Å². The van der Waals surface area contributed by atoms with E-state index in [0.29, 0.717) is 12.1 Å². The number of nitrogens with two attached hydrogens (primary N) is 1. The smallest absolute Gasteiger partial charge is 0.251 e. The Kier molecular flexibility index (Phi) is 7.21. The molecule has 1 heterocycles. The number of hydrogen-bond acceptors (Lipinski definition) is 3. The van der Waals surface area contributed by atoms with Crippen LogP contribution in [0, 0.1) is 6.92 Å². The molecule has 0 atom stereocenters. The van der Waals surface area contributed by atoms with Crippen LogP contribution in [0.5, 0.6) is 0 Å². The fourth-order valence-corrected chi connectivity index (χ4v) is 2.68. The molecule has 0 fully saturated rings. The summed E-state index contributed by atoms with van der Waals surface area (Å²) in [6.45, 7) is 6.14. The minimum Gasteiger partial charge on any atom is -0.346 e. The Labute approximate surface area is 165 Å². The fourth-order valence-electron chi connectivity index (χ4n) is 2.68. The SMILES string of the molecule is Cc1nc2cc(C(=O)NC(C)(C)CN)ccc2n1-c1ccccc1.Cl.Cl. The number of carbonyl (C=O) groups is 1. The van der Waals surface area contributed by atoms with Gasteiger partial charge in [-0.2, -0.15) is 0 Å². The molecule has 1 aromatic heterocycles. The van der Waals surface area contributed by atoms with E-state index < -0.39 is 5.54 Å². The van der Waals surface area contributed by atoms with Crippen LogP contribution in [0.15, 0.2) is 48.5 Å². The Morgan fingerprint density at radius 1 is 1.15 bits per heavy atom. The second-order valence-electron chi connectivity index (χ2n) is 6.58. The summed E-state index contributed by atoms with van der Waals surface area (Å²) in [5, 5.41) is 2.94. The molecule has 3 N–H and O–H groups in total. The number of para-hydroxylation sites is 1.